The summed E-state index contributed by atoms with van der Waals surface area (Å²) in [6.07, 6.45) is 2.78. The molecule has 0 bridgehead atoms. The molecule has 3 amide bonds. The molecule has 2 N–H and O–H groups in total. The van der Waals surface area contributed by atoms with Crippen LogP contribution in [-0.4, -0.2) is 91.2 Å². The summed E-state index contributed by atoms with van der Waals surface area (Å²) in [6, 6.07) is 5.34. The Balaban J connectivity index is 1.47. The van der Waals surface area contributed by atoms with Crippen LogP contribution in [0.15, 0.2) is 24.3 Å². The number of hydrogen-bond acceptors (Lipinski definition) is 6. The number of likely N-dealkylation sites (tertiary alicyclic amines) is 2. The Bertz CT molecular complexity index is 970. The number of ketones is 1. The fraction of sp³-hybridized carbons (Fsp3) is 0.615. The zero-order chi connectivity index (χ0) is 25.3. The van der Waals surface area contributed by atoms with Crippen molar-refractivity contribution in [3.05, 3.63) is 29.8 Å². The lowest BCUT2D eigenvalue weighted by atomic mass is 10.0. The third kappa shape index (κ3) is 5.19. The Kier molecular flexibility index (Phi) is 7.44. The van der Waals surface area contributed by atoms with E-state index in [4.69, 9.17) is 0 Å². The SMILES string of the molecule is CC(C)CC(NC(=O)c1ccc(N(C)C)cc1)C(=O)N1CCC2C1C(=O)CN2C(=O)C1CCCN1. The Morgan fingerprint density at radius 1 is 1.11 bits per heavy atom. The van der Waals surface area contributed by atoms with E-state index in [0.717, 1.165) is 25.1 Å². The zero-order valence-corrected chi connectivity index (χ0v) is 21.1. The highest BCUT2D eigenvalue weighted by atomic mass is 16.2. The van der Waals surface area contributed by atoms with Crippen molar-refractivity contribution < 1.29 is 19.2 Å². The minimum atomic E-state index is -0.733. The third-order valence-corrected chi connectivity index (χ3v) is 7.30. The highest BCUT2D eigenvalue weighted by Crippen LogP contribution is 2.32. The fourth-order valence-electron chi connectivity index (χ4n) is 5.50. The van der Waals surface area contributed by atoms with Crippen LogP contribution in [-0.2, 0) is 14.4 Å². The average Bonchev–Trinajstić information content (AvgIpc) is 3.56. The summed E-state index contributed by atoms with van der Waals surface area (Å²) in [5.74, 6) is -0.519. The minimum Gasteiger partial charge on any atom is -0.378 e. The fourth-order valence-corrected chi connectivity index (χ4v) is 5.50. The first-order chi connectivity index (χ1) is 16.7. The Morgan fingerprint density at radius 2 is 1.83 bits per heavy atom. The standard InChI is InChI=1S/C26H37N5O4/c1-16(2)14-20(28-24(33)17-7-9-18(10-8-17)29(3)4)26(35)30-13-11-21-23(30)22(32)15-31(21)25(34)19-6-5-12-27-19/h7-10,16,19-21,23,27H,5-6,11-15H2,1-4H3,(H,28,33). The second kappa shape index (κ2) is 10.4. The number of amides is 3. The van der Waals surface area contributed by atoms with Gasteiger partial charge < -0.3 is 25.3 Å². The number of carbonyl (C=O) groups excluding carboxylic acids is 4. The maximum Gasteiger partial charge on any atom is 0.251 e. The summed E-state index contributed by atoms with van der Waals surface area (Å²) >= 11 is 0. The molecular formula is C26H37N5O4. The lowest BCUT2D eigenvalue weighted by molar-refractivity contribution is -0.138. The van der Waals surface area contributed by atoms with Crippen LogP contribution < -0.4 is 15.5 Å². The lowest BCUT2D eigenvalue weighted by Crippen LogP contribution is -2.53. The second-order valence-electron chi connectivity index (χ2n) is 10.5. The maximum atomic E-state index is 13.6. The summed E-state index contributed by atoms with van der Waals surface area (Å²) < 4.78 is 0. The van der Waals surface area contributed by atoms with Gasteiger partial charge in [0, 0.05) is 31.9 Å². The molecule has 4 atom stereocenters. The summed E-state index contributed by atoms with van der Waals surface area (Å²) in [7, 11) is 3.86. The van der Waals surface area contributed by atoms with E-state index in [2.05, 4.69) is 10.6 Å². The van der Waals surface area contributed by atoms with E-state index in [-0.39, 0.29) is 48.1 Å². The molecule has 190 valence electrons. The number of nitrogens with zero attached hydrogens (tertiary/aromatic N) is 3. The number of fused-ring (bicyclic) bond motifs is 1. The van der Waals surface area contributed by atoms with Crippen LogP contribution in [0.25, 0.3) is 0 Å². The molecule has 0 radical (unpaired) electrons. The summed E-state index contributed by atoms with van der Waals surface area (Å²) in [5, 5.41) is 6.13. The summed E-state index contributed by atoms with van der Waals surface area (Å²) in [6.45, 7) is 5.27. The van der Waals surface area contributed by atoms with Crippen molar-refractivity contribution in [2.75, 3.05) is 38.6 Å². The van der Waals surface area contributed by atoms with Gasteiger partial charge in [0.1, 0.15) is 12.1 Å². The van der Waals surface area contributed by atoms with Crippen molar-refractivity contribution >= 4 is 29.2 Å². The number of Topliss-reactive ketones (excluding diaryl/α,β-unsaturated/α-hetero) is 1. The van der Waals surface area contributed by atoms with E-state index in [9.17, 15) is 19.2 Å². The number of carbonyl (C=O) groups is 4. The molecule has 35 heavy (non-hydrogen) atoms. The molecule has 3 saturated heterocycles. The van der Waals surface area contributed by atoms with Crippen molar-refractivity contribution in [1.82, 2.24) is 20.4 Å². The third-order valence-electron chi connectivity index (χ3n) is 7.30. The predicted molar refractivity (Wildman–Crippen MR) is 133 cm³/mol. The van der Waals surface area contributed by atoms with E-state index in [0.29, 0.717) is 24.9 Å². The van der Waals surface area contributed by atoms with Crippen LogP contribution in [0.2, 0.25) is 0 Å². The number of nitrogens with one attached hydrogen (secondary N) is 2. The largest absolute Gasteiger partial charge is 0.378 e. The maximum absolute atomic E-state index is 13.6. The van der Waals surface area contributed by atoms with E-state index in [1.54, 1.807) is 21.9 Å². The molecule has 9 heteroatoms. The molecule has 0 aliphatic carbocycles. The van der Waals surface area contributed by atoms with Crippen LogP contribution in [0.1, 0.15) is 49.9 Å². The zero-order valence-electron chi connectivity index (χ0n) is 21.1. The van der Waals surface area contributed by atoms with E-state index < -0.39 is 12.1 Å². The molecule has 9 nitrogen and oxygen atoms in total. The first-order valence-corrected chi connectivity index (χ1v) is 12.6. The molecule has 3 aliphatic rings. The summed E-state index contributed by atoms with van der Waals surface area (Å²) in [4.78, 5) is 57.9. The average molecular weight is 484 g/mol. The molecule has 0 saturated carbocycles. The Labute approximate surface area is 207 Å². The molecule has 0 aromatic heterocycles. The molecule has 1 aromatic rings. The molecule has 1 aromatic carbocycles. The molecule has 4 rings (SSSR count). The van der Waals surface area contributed by atoms with Crippen molar-refractivity contribution in [3.63, 3.8) is 0 Å². The normalized spacial score (nSPS) is 24.6. The van der Waals surface area contributed by atoms with Crippen LogP contribution in [0.3, 0.4) is 0 Å². The van der Waals surface area contributed by atoms with E-state index in [1.807, 2.05) is 45.0 Å². The molecule has 4 unspecified atom stereocenters. The highest BCUT2D eigenvalue weighted by molar-refractivity contribution is 6.01. The predicted octanol–water partition coefficient (Wildman–Crippen LogP) is 1.03. The molecule has 3 heterocycles. The molecule has 0 spiro atoms. The van der Waals surface area contributed by atoms with Gasteiger partial charge in [0.15, 0.2) is 5.78 Å². The first kappa shape index (κ1) is 25.2. The van der Waals surface area contributed by atoms with E-state index in [1.165, 1.54) is 0 Å². The van der Waals surface area contributed by atoms with Gasteiger partial charge in [-0.3, -0.25) is 19.2 Å². The summed E-state index contributed by atoms with van der Waals surface area (Å²) in [5.41, 5.74) is 1.46. The van der Waals surface area contributed by atoms with Gasteiger partial charge in [0.25, 0.3) is 5.91 Å². The minimum absolute atomic E-state index is 0.0362. The Morgan fingerprint density at radius 3 is 2.43 bits per heavy atom. The van der Waals surface area contributed by atoms with Crippen molar-refractivity contribution in [2.45, 2.75) is 63.7 Å². The van der Waals surface area contributed by atoms with Crippen molar-refractivity contribution in [3.8, 4) is 0 Å². The van der Waals surface area contributed by atoms with Gasteiger partial charge >= 0.3 is 0 Å². The number of hydrogen-bond donors (Lipinski definition) is 2. The monoisotopic (exact) mass is 483 g/mol. The number of rotatable bonds is 7. The van der Waals surface area contributed by atoms with Crippen LogP contribution in [0.5, 0.6) is 0 Å². The van der Waals surface area contributed by atoms with Crippen molar-refractivity contribution in [1.29, 1.82) is 0 Å². The van der Waals surface area contributed by atoms with Gasteiger partial charge in [-0.15, -0.1) is 0 Å². The quantitative estimate of drug-likeness (QED) is 0.601. The van der Waals surface area contributed by atoms with Gasteiger partial charge in [-0.25, -0.2) is 0 Å². The number of benzene rings is 1. The smallest absolute Gasteiger partial charge is 0.251 e. The molecule has 3 fully saturated rings. The van der Waals surface area contributed by atoms with Crippen LogP contribution in [0, 0.1) is 5.92 Å². The first-order valence-electron chi connectivity index (χ1n) is 12.6. The van der Waals surface area contributed by atoms with Crippen molar-refractivity contribution in [2.24, 2.45) is 5.92 Å². The van der Waals surface area contributed by atoms with Gasteiger partial charge in [-0.05, 0) is 62.4 Å². The van der Waals surface area contributed by atoms with Gasteiger partial charge in [-0.1, -0.05) is 13.8 Å². The van der Waals surface area contributed by atoms with Crippen LogP contribution >= 0.6 is 0 Å². The number of anilines is 1. The van der Waals surface area contributed by atoms with Crippen LogP contribution in [0.4, 0.5) is 5.69 Å². The Hall–Kier alpha value is -2.94. The van der Waals surface area contributed by atoms with E-state index >= 15 is 0 Å². The highest BCUT2D eigenvalue weighted by Gasteiger charge is 2.53. The lowest BCUT2D eigenvalue weighted by Gasteiger charge is -2.29. The topological polar surface area (TPSA) is 102 Å². The van der Waals surface area contributed by atoms with Gasteiger partial charge in [0.05, 0.1) is 18.6 Å². The molecule has 3 aliphatic heterocycles. The second-order valence-corrected chi connectivity index (χ2v) is 10.5. The van der Waals surface area contributed by atoms with Gasteiger partial charge in [-0.2, -0.15) is 0 Å². The van der Waals surface area contributed by atoms with Gasteiger partial charge in [0.2, 0.25) is 11.8 Å². The molecular weight excluding hydrogens is 446 g/mol.